The number of rotatable bonds is 6. The minimum Gasteiger partial charge on any atom is -0.399 e. The van der Waals surface area contributed by atoms with Crippen LogP contribution in [0.25, 0.3) is 0 Å². The monoisotopic (exact) mass is 323 g/mol. The molecule has 8 heteroatoms. The Balaban J connectivity index is 1.90. The molecular weight excluding hydrogens is 297 g/mol. The summed E-state index contributed by atoms with van der Waals surface area (Å²) < 4.78 is 18.4. The van der Waals surface area contributed by atoms with E-state index in [4.69, 9.17) is 14.0 Å². The van der Waals surface area contributed by atoms with Gasteiger partial charge in [0.25, 0.3) is 0 Å². The third-order valence-electron chi connectivity index (χ3n) is 4.28. The van der Waals surface area contributed by atoms with Gasteiger partial charge in [-0.3, -0.25) is 0 Å². The molecule has 7 nitrogen and oxygen atoms in total. The molecule has 0 bridgehead atoms. The topological polar surface area (TPSA) is 74.6 Å². The van der Waals surface area contributed by atoms with Crippen molar-refractivity contribution in [3.8, 4) is 0 Å². The third kappa shape index (κ3) is 4.13. The number of nitrogens with one attached hydrogen (secondary N) is 1. The first-order valence-electron chi connectivity index (χ1n) is 8.03. The van der Waals surface area contributed by atoms with Crippen molar-refractivity contribution >= 4 is 18.6 Å². The molecule has 1 aromatic heterocycles. The number of hydrogen-bond acceptors (Lipinski definition) is 5. The zero-order valence-corrected chi connectivity index (χ0v) is 14.6. The fourth-order valence-corrected chi connectivity index (χ4v) is 2.14. The normalized spacial score (nSPS) is 19.1. The Kier molecular flexibility index (Phi) is 5.49. The molecule has 0 radical (unpaired) electrons. The van der Waals surface area contributed by atoms with Gasteiger partial charge in [-0.25, -0.2) is 4.79 Å². The lowest BCUT2D eigenvalue weighted by Crippen LogP contribution is -2.41. The molecule has 1 aromatic rings. The smallest absolute Gasteiger partial charge is 0.399 e. The predicted molar refractivity (Wildman–Crippen MR) is 87.8 cm³/mol. The van der Waals surface area contributed by atoms with Crippen LogP contribution >= 0.6 is 0 Å². The van der Waals surface area contributed by atoms with Crippen LogP contribution in [0.3, 0.4) is 0 Å². The number of ether oxygens (including phenoxy) is 1. The van der Waals surface area contributed by atoms with Crippen LogP contribution in [0.5, 0.6) is 0 Å². The van der Waals surface area contributed by atoms with E-state index in [2.05, 4.69) is 10.4 Å². The van der Waals surface area contributed by atoms with Crippen LogP contribution in [0.1, 0.15) is 41.0 Å². The number of hydrogen-bond donors (Lipinski definition) is 1. The van der Waals surface area contributed by atoms with Gasteiger partial charge in [-0.2, -0.15) is 9.78 Å². The SMILES string of the molecule is CCOCCCNC(=O)n1cc(B2OC(C)(C)C(C)(C)O2)cn1. The van der Waals surface area contributed by atoms with Gasteiger partial charge in [0.05, 0.1) is 11.2 Å². The van der Waals surface area contributed by atoms with Crippen molar-refractivity contribution in [1.82, 2.24) is 15.1 Å². The summed E-state index contributed by atoms with van der Waals surface area (Å²) in [7, 11) is -0.514. The molecule has 0 spiro atoms. The molecule has 0 atom stereocenters. The summed E-state index contributed by atoms with van der Waals surface area (Å²) in [5.74, 6) is 0. The molecule has 1 aliphatic rings. The second-order valence-corrected chi connectivity index (χ2v) is 6.59. The van der Waals surface area contributed by atoms with Crippen molar-refractivity contribution in [2.24, 2.45) is 0 Å². The molecule has 0 saturated carbocycles. The molecule has 1 fully saturated rings. The summed E-state index contributed by atoms with van der Waals surface area (Å²) in [5, 5.41) is 6.88. The fourth-order valence-electron chi connectivity index (χ4n) is 2.14. The molecular formula is C15H26BN3O4. The molecule has 23 heavy (non-hydrogen) atoms. The standard InChI is InChI=1S/C15H26BN3O4/c1-6-21-9-7-8-17-13(20)19-11-12(10-18-19)16-22-14(2,3)15(4,5)23-16/h10-11H,6-9H2,1-5H3,(H,17,20). The highest BCUT2D eigenvalue weighted by atomic mass is 16.7. The van der Waals surface area contributed by atoms with Gasteiger partial charge in [0.1, 0.15) is 0 Å². The van der Waals surface area contributed by atoms with E-state index in [0.29, 0.717) is 19.8 Å². The minimum absolute atomic E-state index is 0.274. The van der Waals surface area contributed by atoms with Crippen LogP contribution in [0.2, 0.25) is 0 Å². The van der Waals surface area contributed by atoms with Crippen molar-refractivity contribution < 1.29 is 18.8 Å². The van der Waals surface area contributed by atoms with Crippen molar-refractivity contribution in [3.63, 3.8) is 0 Å². The van der Waals surface area contributed by atoms with Crippen molar-refractivity contribution in [3.05, 3.63) is 12.4 Å². The quantitative estimate of drug-likeness (QED) is 0.628. The number of carbonyl (C=O) groups is 1. The maximum absolute atomic E-state index is 12.0. The average Bonchev–Trinajstić information content (AvgIpc) is 3.02. The van der Waals surface area contributed by atoms with E-state index in [9.17, 15) is 4.79 Å². The Bertz CT molecular complexity index is 529. The number of amides is 1. The zero-order chi connectivity index (χ0) is 17.1. The summed E-state index contributed by atoms with van der Waals surface area (Å²) in [6.45, 7) is 11.8. The lowest BCUT2D eigenvalue weighted by molar-refractivity contribution is 0.00578. The summed E-state index contributed by atoms with van der Waals surface area (Å²) in [4.78, 5) is 12.0. The van der Waals surface area contributed by atoms with E-state index in [-0.39, 0.29) is 6.03 Å². The first-order valence-corrected chi connectivity index (χ1v) is 8.03. The fraction of sp³-hybridized carbons (Fsp3) is 0.733. The Morgan fingerprint density at radius 3 is 2.61 bits per heavy atom. The zero-order valence-electron chi connectivity index (χ0n) is 14.6. The van der Waals surface area contributed by atoms with E-state index in [1.165, 1.54) is 4.68 Å². The minimum atomic E-state index is -0.514. The van der Waals surface area contributed by atoms with Crippen LogP contribution in [0, 0.1) is 0 Å². The maximum atomic E-state index is 12.0. The average molecular weight is 323 g/mol. The molecule has 0 aliphatic carbocycles. The molecule has 1 amide bonds. The van der Waals surface area contributed by atoms with Crippen LogP contribution in [-0.2, 0) is 14.0 Å². The van der Waals surface area contributed by atoms with Gasteiger partial charge in [-0.15, -0.1) is 0 Å². The van der Waals surface area contributed by atoms with Gasteiger partial charge in [-0.1, -0.05) is 0 Å². The van der Waals surface area contributed by atoms with Crippen molar-refractivity contribution in [1.29, 1.82) is 0 Å². The molecule has 0 aromatic carbocycles. The van der Waals surface area contributed by atoms with Crippen LogP contribution in [-0.4, -0.2) is 53.9 Å². The molecule has 2 rings (SSSR count). The highest BCUT2D eigenvalue weighted by Crippen LogP contribution is 2.36. The van der Waals surface area contributed by atoms with E-state index >= 15 is 0 Å². The highest BCUT2D eigenvalue weighted by molar-refractivity contribution is 6.62. The van der Waals surface area contributed by atoms with Gasteiger partial charge >= 0.3 is 13.1 Å². The molecule has 1 N–H and O–H groups in total. The van der Waals surface area contributed by atoms with Crippen LogP contribution < -0.4 is 10.8 Å². The number of nitrogens with zero attached hydrogens (tertiary/aromatic N) is 2. The lowest BCUT2D eigenvalue weighted by Gasteiger charge is -2.32. The largest absolute Gasteiger partial charge is 0.498 e. The first-order chi connectivity index (χ1) is 10.8. The van der Waals surface area contributed by atoms with Crippen molar-refractivity contribution in [2.45, 2.75) is 52.2 Å². The van der Waals surface area contributed by atoms with E-state index in [1.54, 1.807) is 12.4 Å². The van der Waals surface area contributed by atoms with E-state index < -0.39 is 18.3 Å². The van der Waals surface area contributed by atoms with E-state index in [1.807, 2.05) is 34.6 Å². The summed E-state index contributed by atoms with van der Waals surface area (Å²) in [5.41, 5.74) is -0.101. The van der Waals surface area contributed by atoms with Gasteiger partial charge in [-0.05, 0) is 41.0 Å². The summed E-state index contributed by atoms with van der Waals surface area (Å²) in [6, 6.07) is -0.274. The molecule has 1 aliphatic heterocycles. The second kappa shape index (κ2) is 7.03. The molecule has 128 valence electrons. The third-order valence-corrected chi connectivity index (χ3v) is 4.28. The van der Waals surface area contributed by atoms with Crippen LogP contribution in [0.4, 0.5) is 4.79 Å². The number of aromatic nitrogens is 2. The Hall–Kier alpha value is -1.38. The molecule has 2 heterocycles. The maximum Gasteiger partial charge on any atom is 0.498 e. The van der Waals surface area contributed by atoms with Gasteiger partial charge in [0.15, 0.2) is 0 Å². The Morgan fingerprint density at radius 1 is 1.35 bits per heavy atom. The van der Waals surface area contributed by atoms with Gasteiger partial charge in [0.2, 0.25) is 0 Å². The molecule has 1 saturated heterocycles. The lowest BCUT2D eigenvalue weighted by atomic mass is 9.82. The van der Waals surface area contributed by atoms with E-state index in [0.717, 1.165) is 11.9 Å². The predicted octanol–water partition coefficient (Wildman–Crippen LogP) is 1.17. The van der Waals surface area contributed by atoms with Crippen LogP contribution in [0.15, 0.2) is 12.4 Å². The number of carbonyl (C=O) groups excluding carboxylic acids is 1. The Morgan fingerprint density at radius 2 is 2.00 bits per heavy atom. The first kappa shape index (κ1) is 18.0. The summed E-state index contributed by atoms with van der Waals surface area (Å²) in [6.07, 6.45) is 4.01. The summed E-state index contributed by atoms with van der Waals surface area (Å²) >= 11 is 0. The molecule has 0 unspecified atom stereocenters. The van der Waals surface area contributed by atoms with Gasteiger partial charge < -0.3 is 19.4 Å². The Labute approximate surface area is 137 Å². The highest BCUT2D eigenvalue weighted by Gasteiger charge is 2.52. The second-order valence-electron chi connectivity index (χ2n) is 6.59. The van der Waals surface area contributed by atoms with Crippen molar-refractivity contribution in [2.75, 3.05) is 19.8 Å². The van der Waals surface area contributed by atoms with Gasteiger partial charge in [0, 0.05) is 37.6 Å².